The van der Waals surface area contributed by atoms with E-state index < -0.39 is 23.3 Å². The van der Waals surface area contributed by atoms with Crippen molar-refractivity contribution in [2.24, 2.45) is 4.99 Å². The Labute approximate surface area is 120 Å². The molecule has 21 heavy (non-hydrogen) atoms. The number of Topliss-reactive ketones (excluding diaryl/α,β-unsaturated/α-hetero) is 1. The lowest BCUT2D eigenvalue weighted by Gasteiger charge is -2.01. The van der Waals surface area contributed by atoms with Gasteiger partial charge >= 0.3 is 11.9 Å². The molecule has 0 atom stereocenters. The number of esters is 1. The van der Waals surface area contributed by atoms with Gasteiger partial charge in [-0.15, -0.1) is 0 Å². The molecule has 1 rings (SSSR count). The Kier molecular flexibility index (Phi) is 5.73. The summed E-state index contributed by atoms with van der Waals surface area (Å²) in [5.41, 5.74) is -0.398. The summed E-state index contributed by atoms with van der Waals surface area (Å²) in [6.07, 6.45) is 0.911. The number of carboxylic acids is 1. The number of hydrogen-bond acceptors (Lipinski definition) is 6. The summed E-state index contributed by atoms with van der Waals surface area (Å²) in [5.74, 6) is -1.59. The third kappa shape index (κ3) is 4.22. The predicted molar refractivity (Wildman–Crippen MR) is 74.4 cm³/mol. The second-order valence-electron chi connectivity index (χ2n) is 3.67. The fourth-order valence-electron chi connectivity index (χ4n) is 1.36. The highest BCUT2D eigenvalue weighted by molar-refractivity contribution is 6.47. The van der Waals surface area contributed by atoms with E-state index in [1.165, 1.54) is 25.1 Å². The molecule has 0 aliphatic carbocycles. The number of aromatic carboxylic acids is 1. The number of nitrogens with zero attached hydrogens (tertiary/aromatic N) is 1. The number of carboxylic acid groups (broad SMARTS) is 1. The summed E-state index contributed by atoms with van der Waals surface area (Å²) in [4.78, 5) is 37.7. The van der Waals surface area contributed by atoms with Gasteiger partial charge in [0.15, 0.2) is 0 Å². The number of aliphatic imine (C=N–C) groups is 1. The maximum Gasteiger partial charge on any atom is 0.380 e. The summed E-state index contributed by atoms with van der Waals surface area (Å²) in [6.45, 7) is 1.56. The highest BCUT2D eigenvalue weighted by Gasteiger charge is 2.19. The van der Waals surface area contributed by atoms with E-state index in [4.69, 9.17) is 10.5 Å². The van der Waals surface area contributed by atoms with Gasteiger partial charge in [-0.05, 0) is 24.9 Å². The number of para-hydroxylation sites is 1. The Morgan fingerprint density at radius 3 is 2.62 bits per heavy atom. The van der Waals surface area contributed by atoms with E-state index >= 15 is 0 Å². The second kappa shape index (κ2) is 7.52. The monoisotopic (exact) mass is 288 g/mol. The number of carbonyl (C=O) groups is 3. The Morgan fingerprint density at radius 1 is 1.38 bits per heavy atom. The standard InChI is InChI=1S/C14H12N2O5/c1-2-21-14(20)12(17)9(7-15)8-16-11-6-4-3-5-10(11)13(18)19/h3-6,8,15H,2H2,1H3,(H,18,19). The molecular weight excluding hydrogens is 276 g/mol. The van der Waals surface area contributed by atoms with E-state index in [0.717, 1.165) is 6.21 Å². The first-order chi connectivity index (χ1) is 10.0. The van der Waals surface area contributed by atoms with E-state index in [1.54, 1.807) is 11.9 Å². The van der Waals surface area contributed by atoms with Crippen molar-refractivity contribution in [2.45, 2.75) is 6.92 Å². The van der Waals surface area contributed by atoms with Crippen LogP contribution in [0.4, 0.5) is 5.69 Å². The summed E-state index contributed by atoms with van der Waals surface area (Å²) in [5, 5.41) is 16.0. The van der Waals surface area contributed by atoms with Crippen LogP contribution < -0.4 is 0 Å². The Morgan fingerprint density at radius 2 is 2.05 bits per heavy atom. The maximum absolute atomic E-state index is 11.6. The van der Waals surface area contributed by atoms with Crippen LogP contribution in [0.3, 0.4) is 0 Å². The van der Waals surface area contributed by atoms with E-state index in [2.05, 4.69) is 9.73 Å². The van der Waals surface area contributed by atoms with Crippen molar-refractivity contribution in [1.82, 2.24) is 0 Å². The van der Waals surface area contributed by atoms with Crippen LogP contribution in [0.1, 0.15) is 17.3 Å². The van der Waals surface area contributed by atoms with Crippen LogP contribution in [-0.2, 0) is 14.3 Å². The van der Waals surface area contributed by atoms with Gasteiger partial charge in [-0.2, -0.15) is 0 Å². The van der Waals surface area contributed by atoms with E-state index in [1.807, 2.05) is 0 Å². The van der Waals surface area contributed by atoms with Crippen molar-refractivity contribution in [2.75, 3.05) is 6.61 Å². The van der Waals surface area contributed by atoms with Gasteiger partial charge in [0.2, 0.25) is 0 Å². The topological polar surface area (TPSA) is 117 Å². The SMILES string of the molecule is CCOC(=O)C(=O)C(=C=N)C=Nc1ccccc1C(=O)O. The molecule has 1 aromatic rings. The molecule has 0 aromatic heterocycles. The Bertz CT molecular complexity index is 657. The Balaban J connectivity index is 3.03. The fraction of sp³-hybridized carbons (Fsp3) is 0.143. The molecule has 0 bridgehead atoms. The third-order valence-corrected chi connectivity index (χ3v) is 2.31. The predicted octanol–water partition coefficient (Wildman–Crippen LogP) is 1.39. The van der Waals surface area contributed by atoms with Crippen LogP contribution in [0.5, 0.6) is 0 Å². The normalized spacial score (nSPS) is 9.95. The zero-order valence-corrected chi connectivity index (χ0v) is 11.1. The summed E-state index contributed by atoms with van der Waals surface area (Å²) in [6, 6.07) is 5.87. The number of benzene rings is 1. The van der Waals surface area contributed by atoms with Crippen LogP contribution >= 0.6 is 0 Å². The van der Waals surface area contributed by atoms with Crippen molar-refractivity contribution >= 4 is 35.5 Å². The third-order valence-electron chi connectivity index (χ3n) is 2.31. The van der Waals surface area contributed by atoms with Crippen LogP contribution in [0.15, 0.2) is 34.8 Å². The highest BCUT2D eigenvalue weighted by atomic mass is 16.5. The largest absolute Gasteiger partial charge is 0.478 e. The highest BCUT2D eigenvalue weighted by Crippen LogP contribution is 2.18. The number of carbonyl (C=O) groups excluding carboxylic acids is 2. The first kappa shape index (κ1) is 16.0. The van der Waals surface area contributed by atoms with E-state index in [0.29, 0.717) is 0 Å². The van der Waals surface area contributed by atoms with Crippen LogP contribution in [0.25, 0.3) is 0 Å². The van der Waals surface area contributed by atoms with Crippen molar-refractivity contribution in [3.05, 3.63) is 35.4 Å². The lowest BCUT2D eigenvalue weighted by atomic mass is 10.1. The molecule has 2 N–H and O–H groups in total. The van der Waals surface area contributed by atoms with Crippen molar-refractivity contribution in [1.29, 1.82) is 5.41 Å². The maximum atomic E-state index is 11.6. The molecule has 0 radical (unpaired) electrons. The van der Waals surface area contributed by atoms with Gasteiger partial charge in [0, 0.05) is 6.21 Å². The molecule has 0 saturated carbocycles. The van der Waals surface area contributed by atoms with Gasteiger partial charge in [-0.3, -0.25) is 15.2 Å². The molecule has 0 saturated heterocycles. The molecule has 7 heteroatoms. The average molecular weight is 288 g/mol. The van der Waals surface area contributed by atoms with Crippen LogP contribution in [-0.4, -0.2) is 41.5 Å². The number of nitrogens with one attached hydrogen (secondary N) is 1. The Hall–Kier alpha value is -3.05. The molecule has 0 amide bonds. The number of hydrogen-bond donors (Lipinski definition) is 2. The summed E-state index contributed by atoms with van der Waals surface area (Å²) in [7, 11) is 0. The van der Waals surface area contributed by atoms with Gasteiger partial charge in [-0.1, -0.05) is 12.1 Å². The van der Waals surface area contributed by atoms with Gasteiger partial charge in [0.05, 0.1) is 17.9 Å². The number of ether oxygens (including phenoxy) is 1. The molecule has 1 aromatic carbocycles. The molecule has 0 unspecified atom stereocenters. The van der Waals surface area contributed by atoms with Crippen LogP contribution in [0.2, 0.25) is 0 Å². The van der Waals surface area contributed by atoms with Crippen molar-refractivity contribution < 1.29 is 24.2 Å². The molecule has 0 spiro atoms. The molecule has 0 aliphatic heterocycles. The molecule has 0 heterocycles. The minimum atomic E-state index is -1.18. The second-order valence-corrected chi connectivity index (χ2v) is 3.67. The lowest BCUT2D eigenvalue weighted by molar-refractivity contribution is -0.151. The molecule has 0 fully saturated rings. The van der Waals surface area contributed by atoms with Gasteiger partial charge < -0.3 is 9.84 Å². The number of ketones is 1. The van der Waals surface area contributed by atoms with E-state index in [-0.39, 0.29) is 17.9 Å². The zero-order valence-electron chi connectivity index (χ0n) is 11.1. The van der Waals surface area contributed by atoms with Gasteiger partial charge in [0.25, 0.3) is 5.78 Å². The van der Waals surface area contributed by atoms with Crippen molar-refractivity contribution in [3.8, 4) is 0 Å². The van der Waals surface area contributed by atoms with E-state index in [9.17, 15) is 14.4 Å². The first-order valence-corrected chi connectivity index (χ1v) is 5.88. The van der Waals surface area contributed by atoms with Gasteiger partial charge in [-0.25, -0.2) is 9.59 Å². The molecule has 0 aliphatic rings. The quantitative estimate of drug-likeness (QED) is 0.355. The smallest absolute Gasteiger partial charge is 0.380 e. The summed E-state index contributed by atoms with van der Waals surface area (Å²) >= 11 is 0. The minimum absolute atomic E-state index is 0.0227. The van der Waals surface area contributed by atoms with Crippen LogP contribution in [0, 0.1) is 5.41 Å². The zero-order chi connectivity index (χ0) is 15.8. The van der Waals surface area contributed by atoms with Gasteiger partial charge in [0.1, 0.15) is 5.57 Å². The van der Waals surface area contributed by atoms with Crippen molar-refractivity contribution in [3.63, 3.8) is 0 Å². The summed E-state index contributed by atoms with van der Waals surface area (Å²) < 4.78 is 4.51. The molecular formula is C14H12N2O5. The number of rotatable bonds is 6. The average Bonchev–Trinajstić information content (AvgIpc) is 2.48. The fourth-order valence-corrected chi connectivity index (χ4v) is 1.36. The first-order valence-electron chi connectivity index (χ1n) is 5.88. The molecule has 108 valence electrons. The lowest BCUT2D eigenvalue weighted by Crippen LogP contribution is -2.20. The minimum Gasteiger partial charge on any atom is -0.478 e. The molecule has 7 nitrogen and oxygen atoms in total.